The number of rotatable bonds is 0. The molecule has 0 saturated carbocycles. The van der Waals surface area contributed by atoms with Gasteiger partial charge in [0, 0.05) is 11.1 Å². The zero-order valence-electron chi connectivity index (χ0n) is 13.1. The van der Waals surface area contributed by atoms with Crippen molar-refractivity contribution >= 4 is 0 Å². The van der Waals surface area contributed by atoms with Crippen molar-refractivity contribution in [3.05, 3.63) is 33.9 Å². The van der Waals surface area contributed by atoms with Gasteiger partial charge in [-0.05, 0) is 40.7 Å². The molecule has 0 aliphatic rings. The molecule has 0 spiro atoms. The van der Waals surface area contributed by atoms with Gasteiger partial charge in [-0.15, -0.1) is 29.6 Å². The fourth-order valence-electron chi connectivity index (χ4n) is 1.91. The van der Waals surface area contributed by atoms with E-state index in [1.807, 2.05) is 6.07 Å². The summed E-state index contributed by atoms with van der Waals surface area (Å²) in [6, 6.07) is 1.95. The summed E-state index contributed by atoms with van der Waals surface area (Å²) in [5.74, 6) is 30.2. The maximum atomic E-state index is 3.12. The van der Waals surface area contributed by atoms with Gasteiger partial charge in [0.25, 0.3) is 0 Å². The molecule has 21 heavy (non-hydrogen) atoms. The Morgan fingerprint density at radius 1 is 0.476 bits per heavy atom. The summed E-state index contributed by atoms with van der Waals surface area (Å²) in [6.07, 6.45) is 0. The summed E-state index contributed by atoms with van der Waals surface area (Å²) in [6.45, 7) is 9.02. The van der Waals surface area contributed by atoms with E-state index in [9.17, 15) is 0 Å². The summed E-state index contributed by atoms with van der Waals surface area (Å²) >= 11 is 0. The van der Waals surface area contributed by atoms with Crippen LogP contribution in [0.25, 0.3) is 0 Å². The predicted octanol–water partition coefficient (Wildman–Crippen LogP) is 3.54. The van der Waals surface area contributed by atoms with Crippen molar-refractivity contribution in [2.45, 2.75) is 34.6 Å². The van der Waals surface area contributed by atoms with Crippen molar-refractivity contribution in [3.8, 4) is 59.2 Å². The minimum atomic E-state index is 0.819. The Labute approximate surface area is 128 Å². The van der Waals surface area contributed by atoms with E-state index in [2.05, 4.69) is 59.2 Å². The summed E-state index contributed by atoms with van der Waals surface area (Å²) in [4.78, 5) is 0. The average Bonchev–Trinajstić information content (AvgIpc) is 2.47. The molecule has 0 atom stereocenters. The highest BCUT2D eigenvalue weighted by molar-refractivity contribution is 5.70. The lowest BCUT2D eigenvalue weighted by atomic mass is 9.92. The molecule has 0 aliphatic carbocycles. The summed E-state index contributed by atoms with van der Waals surface area (Å²) in [5, 5.41) is 0. The second-order valence-electron chi connectivity index (χ2n) is 3.97. The summed E-state index contributed by atoms with van der Waals surface area (Å²) in [7, 11) is 0. The van der Waals surface area contributed by atoms with Gasteiger partial charge in [-0.25, -0.2) is 0 Å². The van der Waals surface area contributed by atoms with Gasteiger partial charge in [-0.3, -0.25) is 0 Å². The highest BCUT2D eigenvalue weighted by atomic mass is 14.1. The molecule has 0 bridgehead atoms. The van der Waals surface area contributed by atoms with Gasteiger partial charge >= 0.3 is 0 Å². The lowest BCUT2D eigenvalue weighted by molar-refractivity contribution is 1.46. The van der Waals surface area contributed by atoms with Gasteiger partial charge in [0.2, 0.25) is 0 Å². The van der Waals surface area contributed by atoms with Crippen molar-refractivity contribution in [1.29, 1.82) is 0 Å². The Balaban J connectivity index is 4.03. The molecule has 0 nitrogen and oxygen atoms in total. The molecule has 1 aromatic carbocycles. The van der Waals surface area contributed by atoms with E-state index in [0.717, 1.165) is 27.8 Å². The Morgan fingerprint density at radius 2 is 0.810 bits per heavy atom. The standard InChI is InChI=1S/C21H16/c1-6-11-17-16-18(12-7-2)20(14-9-4)21(15-10-5)19(17)13-8-3/h16H,1-5H3. The first-order chi connectivity index (χ1) is 10.2. The third-order valence-electron chi connectivity index (χ3n) is 2.60. The van der Waals surface area contributed by atoms with Crippen LogP contribution in [0, 0.1) is 59.2 Å². The third kappa shape index (κ3) is 3.75. The van der Waals surface area contributed by atoms with Crippen molar-refractivity contribution in [1.82, 2.24) is 0 Å². The summed E-state index contributed by atoms with van der Waals surface area (Å²) < 4.78 is 0. The van der Waals surface area contributed by atoms with E-state index in [1.165, 1.54) is 0 Å². The van der Waals surface area contributed by atoms with E-state index in [0.29, 0.717) is 0 Å². The Hall–Kier alpha value is -2.98. The molecule has 0 radical (unpaired) electrons. The second-order valence-corrected chi connectivity index (χ2v) is 3.97. The van der Waals surface area contributed by atoms with Crippen LogP contribution in [0.5, 0.6) is 0 Å². The number of hydrogen-bond donors (Lipinski definition) is 0. The third-order valence-corrected chi connectivity index (χ3v) is 2.60. The SMILES string of the molecule is CC#Cc1cc(C#CC)c(C#CC)c(C#CC)c1C#CC. The molecule has 0 heteroatoms. The smallest absolute Gasteiger partial charge is 0.0583 e. The molecule has 0 aliphatic heterocycles. The van der Waals surface area contributed by atoms with E-state index < -0.39 is 0 Å². The Kier molecular flexibility index (Phi) is 6.31. The maximum absolute atomic E-state index is 3.12. The van der Waals surface area contributed by atoms with Crippen molar-refractivity contribution in [2.24, 2.45) is 0 Å². The number of hydrogen-bond acceptors (Lipinski definition) is 0. The van der Waals surface area contributed by atoms with Crippen molar-refractivity contribution in [2.75, 3.05) is 0 Å². The largest absolute Gasteiger partial charge is 0.101 e. The molecular weight excluding hydrogens is 252 g/mol. The quantitative estimate of drug-likeness (QED) is 0.631. The van der Waals surface area contributed by atoms with Gasteiger partial charge in [0.1, 0.15) is 0 Å². The van der Waals surface area contributed by atoms with Gasteiger partial charge < -0.3 is 0 Å². The molecular formula is C21H16. The normalized spacial score (nSPS) is 7.29. The van der Waals surface area contributed by atoms with Crippen molar-refractivity contribution in [3.63, 3.8) is 0 Å². The van der Waals surface area contributed by atoms with E-state index in [1.54, 1.807) is 34.6 Å². The fraction of sp³-hybridized carbons (Fsp3) is 0.238. The average molecular weight is 268 g/mol. The molecule has 1 aromatic rings. The molecule has 0 aromatic heterocycles. The van der Waals surface area contributed by atoms with Gasteiger partial charge in [-0.1, -0.05) is 29.6 Å². The van der Waals surface area contributed by atoms with E-state index in [-0.39, 0.29) is 0 Å². The molecule has 1 rings (SSSR count). The highest BCUT2D eigenvalue weighted by Crippen LogP contribution is 2.22. The molecule has 0 amide bonds. The summed E-state index contributed by atoms with van der Waals surface area (Å²) in [5.41, 5.74) is 4.19. The van der Waals surface area contributed by atoms with Crippen LogP contribution in [-0.2, 0) is 0 Å². The van der Waals surface area contributed by atoms with Crippen LogP contribution < -0.4 is 0 Å². The second kappa shape index (κ2) is 8.24. The minimum absolute atomic E-state index is 0.819. The predicted molar refractivity (Wildman–Crippen MR) is 89.2 cm³/mol. The van der Waals surface area contributed by atoms with Crippen LogP contribution in [0.2, 0.25) is 0 Å². The fourth-order valence-corrected chi connectivity index (χ4v) is 1.91. The van der Waals surface area contributed by atoms with Crippen LogP contribution in [0.4, 0.5) is 0 Å². The molecule has 0 heterocycles. The Bertz CT molecular complexity index is 791. The first kappa shape index (κ1) is 16.1. The van der Waals surface area contributed by atoms with Gasteiger partial charge in [0.05, 0.1) is 16.7 Å². The lowest BCUT2D eigenvalue weighted by Crippen LogP contribution is -1.99. The van der Waals surface area contributed by atoms with Gasteiger partial charge in [-0.2, -0.15) is 0 Å². The van der Waals surface area contributed by atoms with E-state index in [4.69, 9.17) is 0 Å². The highest BCUT2D eigenvalue weighted by Gasteiger charge is 2.13. The van der Waals surface area contributed by atoms with Crippen LogP contribution in [-0.4, -0.2) is 0 Å². The zero-order valence-corrected chi connectivity index (χ0v) is 13.1. The Morgan fingerprint density at radius 3 is 1.14 bits per heavy atom. The van der Waals surface area contributed by atoms with Crippen LogP contribution in [0.3, 0.4) is 0 Å². The van der Waals surface area contributed by atoms with Crippen molar-refractivity contribution < 1.29 is 0 Å². The molecule has 100 valence electrons. The number of benzene rings is 1. The van der Waals surface area contributed by atoms with Crippen LogP contribution in [0.1, 0.15) is 62.4 Å². The maximum Gasteiger partial charge on any atom is 0.0583 e. The van der Waals surface area contributed by atoms with Gasteiger partial charge in [0.15, 0.2) is 0 Å². The first-order valence-electron chi connectivity index (χ1n) is 6.58. The van der Waals surface area contributed by atoms with Crippen LogP contribution in [0.15, 0.2) is 6.07 Å². The molecule has 0 fully saturated rings. The van der Waals surface area contributed by atoms with Crippen LogP contribution >= 0.6 is 0 Å². The minimum Gasteiger partial charge on any atom is -0.101 e. The zero-order chi connectivity index (χ0) is 15.7. The van der Waals surface area contributed by atoms with E-state index >= 15 is 0 Å². The lowest BCUT2D eigenvalue weighted by Gasteiger charge is -2.08. The molecule has 0 saturated heterocycles. The first-order valence-corrected chi connectivity index (χ1v) is 6.58. The monoisotopic (exact) mass is 268 g/mol. The topological polar surface area (TPSA) is 0 Å². The molecule has 0 unspecified atom stereocenters. The molecule has 0 N–H and O–H groups in total.